The van der Waals surface area contributed by atoms with Crippen molar-refractivity contribution in [3.05, 3.63) is 59.7 Å². The van der Waals surface area contributed by atoms with Gasteiger partial charge < -0.3 is 9.64 Å². The summed E-state index contributed by atoms with van der Waals surface area (Å²) in [5, 5.41) is 0. The van der Waals surface area contributed by atoms with E-state index in [1.165, 1.54) is 11.1 Å². The van der Waals surface area contributed by atoms with Crippen LogP contribution < -0.4 is 9.64 Å². The fourth-order valence-electron chi connectivity index (χ4n) is 3.02. The van der Waals surface area contributed by atoms with Crippen LogP contribution in [0.25, 0.3) is 0 Å². The minimum absolute atomic E-state index is 0.0347. The van der Waals surface area contributed by atoms with Crippen LogP contribution in [-0.4, -0.2) is 18.4 Å². The van der Waals surface area contributed by atoms with Gasteiger partial charge in [0.1, 0.15) is 5.75 Å². The smallest absolute Gasteiger partial charge is 0.316 e. The molecule has 130 valence electrons. The molecule has 0 aliphatic carbocycles. The molecule has 1 saturated heterocycles. The van der Waals surface area contributed by atoms with Crippen LogP contribution in [-0.2, 0) is 22.4 Å². The number of rotatable bonds is 5. The van der Waals surface area contributed by atoms with Gasteiger partial charge in [-0.1, -0.05) is 38.1 Å². The molecule has 4 nitrogen and oxygen atoms in total. The molecule has 0 saturated carbocycles. The van der Waals surface area contributed by atoms with Crippen LogP contribution >= 0.6 is 0 Å². The summed E-state index contributed by atoms with van der Waals surface area (Å²) in [5.41, 5.74) is 3.25. The molecule has 2 aromatic carbocycles. The lowest BCUT2D eigenvalue weighted by molar-refractivity contribution is -0.139. The normalized spacial score (nSPS) is 17.0. The topological polar surface area (TPSA) is 46.6 Å². The van der Waals surface area contributed by atoms with Crippen molar-refractivity contribution in [2.45, 2.75) is 33.1 Å². The van der Waals surface area contributed by atoms with E-state index < -0.39 is 5.92 Å². The third-order valence-corrected chi connectivity index (χ3v) is 4.66. The van der Waals surface area contributed by atoms with Crippen molar-refractivity contribution in [3.8, 4) is 5.75 Å². The lowest BCUT2D eigenvalue weighted by Gasteiger charge is -2.17. The Balaban J connectivity index is 1.65. The molecule has 1 atom stereocenters. The molecule has 4 heteroatoms. The van der Waals surface area contributed by atoms with Crippen LogP contribution in [0.3, 0.4) is 0 Å². The maximum atomic E-state index is 12.4. The summed E-state index contributed by atoms with van der Waals surface area (Å²) >= 11 is 0. The molecule has 1 fully saturated rings. The van der Waals surface area contributed by atoms with E-state index >= 15 is 0 Å². The quantitative estimate of drug-likeness (QED) is 0.616. The monoisotopic (exact) mass is 337 g/mol. The summed E-state index contributed by atoms with van der Waals surface area (Å²) in [6, 6.07) is 15.4. The summed E-state index contributed by atoms with van der Waals surface area (Å²) in [5.74, 6) is -0.276. The molecule has 25 heavy (non-hydrogen) atoms. The molecule has 1 heterocycles. The fourth-order valence-corrected chi connectivity index (χ4v) is 3.02. The summed E-state index contributed by atoms with van der Waals surface area (Å²) < 4.78 is 5.45. The van der Waals surface area contributed by atoms with Gasteiger partial charge in [-0.05, 0) is 48.2 Å². The Morgan fingerprint density at radius 3 is 2.12 bits per heavy atom. The molecule has 0 radical (unpaired) electrons. The Bertz CT molecular complexity index is 750. The van der Waals surface area contributed by atoms with E-state index in [4.69, 9.17) is 4.74 Å². The summed E-state index contributed by atoms with van der Waals surface area (Å²) in [7, 11) is 0. The summed E-state index contributed by atoms with van der Waals surface area (Å²) in [4.78, 5) is 26.4. The van der Waals surface area contributed by atoms with Crippen molar-refractivity contribution in [2.24, 2.45) is 5.92 Å². The Labute approximate surface area is 148 Å². The first kappa shape index (κ1) is 17.2. The van der Waals surface area contributed by atoms with E-state index in [-0.39, 0.29) is 18.3 Å². The summed E-state index contributed by atoms with van der Waals surface area (Å²) in [6.45, 7) is 4.54. The number of amides is 1. The number of hydrogen-bond donors (Lipinski definition) is 0. The molecule has 0 unspecified atom stereocenters. The zero-order valence-corrected chi connectivity index (χ0v) is 14.7. The highest BCUT2D eigenvalue weighted by Crippen LogP contribution is 2.27. The van der Waals surface area contributed by atoms with Crippen LogP contribution in [0.2, 0.25) is 0 Å². The average Bonchev–Trinajstić information content (AvgIpc) is 3.04. The number of carbonyl (C=O) groups is 2. The average molecular weight is 337 g/mol. The van der Waals surface area contributed by atoms with Crippen molar-refractivity contribution in [1.82, 2.24) is 0 Å². The van der Waals surface area contributed by atoms with Crippen LogP contribution in [0.5, 0.6) is 5.75 Å². The molecule has 1 aliphatic rings. The van der Waals surface area contributed by atoms with Gasteiger partial charge in [0.2, 0.25) is 5.91 Å². The van der Waals surface area contributed by atoms with E-state index in [2.05, 4.69) is 13.8 Å². The number of esters is 1. The minimum atomic E-state index is -0.427. The molecule has 0 bridgehead atoms. The largest absolute Gasteiger partial charge is 0.426 e. The van der Waals surface area contributed by atoms with Crippen molar-refractivity contribution in [1.29, 1.82) is 0 Å². The molecule has 0 N–H and O–H groups in total. The molecule has 3 rings (SSSR count). The number of anilines is 1. The highest BCUT2D eigenvalue weighted by atomic mass is 16.5. The maximum Gasteiger partial charge on any atom is 0.316 e. The Hall–Kier alpha value is -2.62. The fraction of sp³-hybridized carbons (Fsp3) is 0.333. The predicted molar refractivity (Wildman–Crippen MR) is 97.7 cm³/mol. The molecule has 0 spiro atoms. The van der Waals surface area contributed by atoms with Gasteiger partial charge in [0, 0.05) is 18.7 Å². The molecule has 2 aromatic rings. The first-order chi connectivity index (χ1) is 12.1. The number of hydrogen-bond acceptors (Lipinski definition) is 3. The van der Waals surface area contributed by atoms with E-state index in [0.717, 1.165) is 18.5 Å². The molecular formula is C21H23NO3. The van der Waals surface area contributed by atoms with Gasteiger partial charge >= 0.3 is 5.97 Å². The minimum Gasteiger partial charge on any atom is -0.426 e. The predicted octanol–water partition coefficient (Wildman–Crippen LogP) is 3.77. The SMILES string of the molecule is CCc1ccc(OC(=O)[C@@H]2CC(=O)N(c3ccc(CC)cc3)C2)cc1. The van der Waals surface area contributed by atoms with E-state index in [9.17, 15) is 9.59 Å². The Morgan fingerprint density at radius 2 is 1.56 bits per heavy atom. The zero-order valence-electron chi connectivity index (χ0n) is 14.7. The maximum absolute atomic E-state index is 12.4. The summed E-state index contributed by atoms with van der Waals surface area (Å²) in [6.07, 6.45) is 2.10. The van der Waals surface area contributed by atoms with Gasteiger partial charge in [0.25, 0.3) is 0 Å². The van der Waals surface area contributed by atoms with Crippen molar-refractivity contribution >= 4 is 17.6 Å². The zero-order chi connectivity index (χ0) is 17.8. The Kier molecular flexibility index (Phi) is 5.17. The van der Waals surface area contributed by atoms with Crippen molar-refractivity contribution < 1.29 is 14.3 Å². The van der Waals surface area contributed by atoms with Crippen LogP contribution in [0.1, 0.15) is 31.4 Å². The first-order valence-electron chi connectivity index (χ1n) is 8.80. The lowest BCUT2D eigenvalue weighted by atomic mass is 10.1. The van der Waals surface area contributed by atoms with Gasteiger partial charge in [-0.3, -0.25) is 9.59 Å². The number of carbonyl (C=O) groups excluding carboxylic acids is 2. The standard InChI is InChI=1S/C21H23NO3/c1-3-15-5-9-18(10-6-15)22-14-17(13-20(22)23)21(24)25-19-11-7-16(4-2)8-12-19/h5-12,17H,3-4,13-14H2,1-2H3/t17-/m1/s1. The van der Waals surface area contributed by atoms with E-state index in [0.29, 0.717) is 12.3 Å². The third-order valence-electron chi connectivity index (χ3n) is 4.66. The molecule has 1 amide bonds. The number of ether oxygens (including phenoxy) is 1. The second kappa shape index (κ2) is 7.51. The van der Waals surface area contributed by atoms with Crippen molar-refractivity contribution in [2.75, 3.05) is 11.4 Å². The van der Waals surface area contributed by atoms with Crippen LogP contribution in [0, 0.1) is 5.92 Å². The number of benzene rings is 2. The van der Waals surface area contributed by atoms with Gasteiger partial charge in [0.15, 0.2) is 0 Å². The number of nitrogens with zero attached hydrogens (tertiary/aromatic N) is 1. The highest BCUT2D eigenvalue weighted by molar-refractivity contribution is 5.99. The van der Waals surface area contributed by atoms with Crippen molar-refractivity contribution in [3.63, 3.8) is 0 Å². The van der Waals surface area contributed by atoms with Gasteiger partial charge in [0.05, 0.1) is 5.92 Å². The Morgan fingerprint density at radius 1 is 1.00 bits per heavy atom. The van der Waals surface area contributed by atoms with Crippen LogP contribution in [0.15, 0.2) is 48.5 Å². The molecule has 1 aliphatic heterocycles. The third kappa shape index (κ3) is 3.90. The number of aryl methyl sites for hydroxylation is 2. The molecule has 0 aromatic heterocycles. The molecular weight excluding hydrogens is 314 g/mol. The van der Waals surface area contributed by atoms with Gasteiger partial charge in [-0.15, -0.1) is 0 Å². The lowest BCUT2D eigenvalue weighted by Crippen LogP contribution is -2.27. The highest BCUT2D eigenvalue weighted by Gasteiger charge is 2.36. The van der Waals surface area contributed by atoms with E-state index in [1.54, 1.807) is 17.0 Å². The second-order valence-corrected chi connectivity index (χ2v) is 6.34. The first-order valence-corrected chi connectivity index (χ1v) is 8.80. The second-order valence-electron chi connectivity index (χ2n) is 6.34. The van der Waals surface area contributed by atoms with Gasteiger partial charge in [-0.2, -0.15) is 0 Å². The van der Waals surface area contributed by atoms with Gasteiger partial charge in [-0.25, -0.2) is 0 Å². The van der Waals surface area contributed by atoms with Crippen LogP contribution in [0.4, 0.5) is 5.69 Å². The van der Waals surface area contributed by atoms with E-state index in [1.807, 2.05) is 36.4 Å².